The van der Waals surface area contributed by atoms with Crippen LogP contribution >= 0.6 is 0 Å². The number of fused-ring (bicyclic) bond motifs is 1. The van der Waals surface area contributed by atoms with Crippen molar-refractivity contribution >= 4 is 22.5 Å². The standard InChI is InChI=1S/C28H26F6N6/c1-16-12-17(2)14-40(13-16)15-23-38-25(36-19-7-5-18(6-8-19)27(29,30)31)20-9-10-22(37-26(20)39-23)24-21(28(32,33)34)4-3-11-35-24/h3-11,16-17H,12-15H2,1-2H3,(H,36,37,38,39)/t16-,17+. The SMILES string of the molecule is C[C@@H]1C[C@H](C)CN(Cc2nc(Nc3ccc(C(F)(F)F)cc3)c3ccc(-c4ncccc4C(F)(F)F)nc3n2)C1. The Morgan fingerprint density at radius 1 is 0.850 bits per heavy atom. The molecule has 4 aromatic rings. The van der Waals surface area contributed by atoms with E-state index in [-0.39, 0.29) is 22.9 Å². The fourth-order valence-electron chi connectivity index (χ4n) is 5.19. The summed E-state index contributed by atoms with van der Waals surface area (Å²) >= 11 is 0. The molecule has 40 heavy (non-hydrogen) atoms. The van der Waals surface area contributed by atoms with Gasteiger partial charge in [-0.1, -0.05) is 13.8 Å². The lowest BCUT2D eigenvalue weighted by atomic mass is 9.92. The molecule has 0 radical (unpaired) electrons. The van der Waals surface area contributed by atoms with Crippen molar-refractivity contribution in [2.75, 3.05) is 18.4 Å². The summed E-state index contributed by atoms with van der Waals surface area (Å²) in [4.78, 5) is 19.8. The summed E-state index contributed by atoms with van der Waals surface area (Å²) < 4.78 is 80.1. The van der Waals surface area contributed by atoms with Gasteiger partial charge >= 0.3 is 12.4 Å². The van der Waals surface area contributed by atoms with E-state index in [2.05, 4.69) is 44.0 Å². The average molecular weight is 561 g/mol. The van der Waals surface area contributed by atoms with Crippen LogP contribution in [0, 0.1) is 11.8 Å². The lowest BCUT2D eigenvalue weighted by Gasteiger charge is -2.34. The highest BCUT2D eigenvalue weighted by atomic mass is 19.4. The molecule has 1 aliphatic heterocycles. The number of alkyl halides is 6. The van der Waals surface area contributed by atoms with Crippen LogP contribution < -0.4 is 5.32 Å². The zero-order valence-electron chi connectivity index (χ0n) is 21.7. The van der Waals surface area contributed by atoms with Crippen molar-refractivity contribution in [1.29, 1.82) is 0 Å². The predicted molar refractivity (Wildman–Crippen MR) is 139 cm³/mol. The number of halogens is 6. The second-order valence-corrected chi connectivity index (χ2v) is 10.3. The van der Waals surface area contributed by atoms with Gasteiger partial charge in [-0.2, -0.15) is 26.3 Å². The number of rotatable bonds is 5. The summed E-state index contributed by atoms with van der Waals surface area (Å²) in [7, 11) is 0. The van der Waals surface area contributed by atoms with Gasteiger partial charge in [-0.05, 0) is 66.8 Å². The molecule has 3 aromatic heterocycles. The third-order valence-electron chi connectivity index (χ3n) is 6.75. The molecule has 5 rings (SSSR count). The molecule has 2 atom stereocenters. The van der Waals surface area contributed by atoms with Crippen LogP contribution in [0.4, 0.5) is 37.8 Å². The van der Waals surface area contributed by atoms with Gasteiger partial charge in [0.15, 0.2) is 5.65 Å². The van der Waals surface area contributed by atoms with Crippen molar-refractivity contribution in [2.24, 2.45) is 11.8 Å². The molecule has 0 unspecified atom stereocenters. The third-order valence-corrected chi connectivity index (χ3v) is 6.75. The molecule has 210 valence electrons. The number of benzene rings is 1. The molecule has 4 heterocycles. The second-order valence-electron chi connectivity index (χ2n) is 10.3. The van der Waals surface area contributed by atoms with Gasteiger partial charge in [-0.3, -0.25) is 9.88 Å². The molecular weight excluding hydrogens is 534 g/mol. The van der Waals surface area contributed by atoms with Gasteiger partial charge in [0, 0.05) is 25.0 Å². The number of piperidine rings is 1. The van der Waals surface area contributed by atoms with E-state index in [1.807, 2.05) is 0 Å². The number of pyridine rings is 2. The minimum atomic E-state index is -4.63. The molecule has 0 aliphatic carbocycles. The van der Waals surface area contributed by atoms with Crippen LogP contribution in [0.3, 0.4) is 0 Å². The first-order valence-electron chi connectivity index (χ1n) is 12.7. The van der Waals surface area contributed by atoms with Crippen molar-refractivity contribution < 1.29 is 26.3 Å². The highest BCUT2D eigenvalue weighted by Gasteiger charge is 2.35. The Morgan fingerprint density at radius 2 is 1.55 bits per heavy atom. The van der Waals surface area contributed by atoms with E-state index >= 15 is 0 Å². The maximum atomic E-state index is 13.7. The van der Waals surface area contributed by atoms with Gasteiger partial charge in [0.1, 0.15) is 17.3 Å². The molecule has 0 saturated carbocycles. The normalized spacial score (nSPS) is 18.7. The summed E-state index contributed by atoms with van der Waals surface area (Å²) in [5.74, 6) is 1.63. The summed E-state index contributed by atoms with van der Waals surface area (Å²) in [6, 6.07) is 9.57. The van der Waals surface area contributed by atoms with Crippen LogP contribution in [0.2, 0.25) is 0 Å². The number of hydrogen-bond donors (Lipinski definition) is 1. The van der Waals surface area contributed by atoms with E-state index in [1.165, 1.54) is 36.5 Å². The van der Waals surface area contributed by atoms with Gasteiger partial charge in [0.2, 0.25) is 0 Å². The van der Waals surface area contributed by atoms with Crippen LogP contribution in [0.25, 0.3) is 22.4 Å². The molecule has 0 spiro atoms. The molecule has 1 N–H and O–H groups in total. The Morgan fingerprint density at radius 3 is 2.20 bits per heavy atom. The van der Waals surface area contributed by atoms with Crippen molar-refractivity contribution in [1.82, 2.24) is 24.8 Å². The Kier molecular flexibility index (Phi) is 7.38. The van der Waals surface area contributed by atoms with E-state index in [0.717, 1.165) is 37.7 Å². The Balaban J connectivity index is 1.57. The lowest BCUT2D eigenvalue weighted by Crippen LogP contribution is -2.38. The first kappa shape index (κ1) is 27.8. The predicted octanol–water partition coefficient (Wildman–Crippen LogP) is 7.35. The van der Waals surface area contributed by atoms with E-state index < -0.39 is 23.5 Å². The quantitative estimate of drug-likeness (QED) is 0.258. The van der Waals surface area contributed by atoms with Crippen LogP contribution in [0.5, 0.6) is 0 Å². The van der Waals surface area contributed by atoms with Gasteiger partial charge in [0.25, 0.3) is 0 Å². The fraction of sp³-hybridized carbons (Fsp3) is 0.357. The molecule has 6 nitrogen and oxygen atoms in total. The van der Waals surface area contributed by atoms with E-state index in [4.69, 9.17) is 0 Å². The average Bonchev–Trinajstić information content (AvgIpc) is 2.87. The smallest absolute Gasteiger partial charge is 0.340 e. The van der Waals surface area contributed by atoms with Crippen molar-refractivity contribution in [2.45, 2.75) is 39.2 Å². The first-order valence-corrected chi connectivity index (χ1v) is 12.7. The second kappa shape index (κ2) is 10.6. The fourth-order valence-corrected chi connectivity index (χ4v) is 5.19. The van der Waals surface area contributed by atoms with Crippen LogP contribution in [0.1, 0.15) is 37.2 Å². The van der Waals surface area contributed by atoms with Crippen molar-refractivity contribution in [3.63, 3.8) is 0 Å². The molecule has 12 heteroatoms. The number of likely N-dealkylation sites (tertiary alicyclic amines) is 1. The number of hydrogen-bond acceptors (Lipinski definition) is 6. The van der Waals surface area contributed by atoms with E-state index in [1.54, 1.807) is 0 Å². The lowest BCUT2D eigenvalue weighted by molar-refractivity contribution is -0.138. The first-order chi connectivity index (χ1) is 18.9. The summed E-state index contributed by atoms with van der Waals surface area (Å²) in [5.41, 5.74) is -1.54. The highest BCUT2D eigenvalue weighted by molar-refractivity contribution is 5.90. The molecule has 0 amide bonds. The van der Waals surface area contributed by atoms with Gasteiger partial charge in [-0.15, -0.1) is 0 Å². The molecular formula is C28H26F6N6. The number of nitrogens with zero attached hydrogens (tertiary/aromatic N) is 5. The minimum absolute atomic E-state index is 0.00854. The molecule has 1 aliphatic rings. The Bertz CT molecular complexity index is 1490. The zero-order chi connectivity index (χ0) is 28.7. The van der Waals surface area contributed by atoms with Gasteiger partial charge in [-0.25, -0.2) is 15.0 Å². The Hall–Kier alpha value is -3.80. The third kappa shape index (κ3) is 6.16. The largest absolute Gasteiger partial charge is 0.418 e. The summed E-state index contributed by atoms with van der Waals surface area (Å²) in [6.45, 7) is 6.39. The topological polar surface area (TPSA) is 66.8 Å². The molecule has 1 saturated heterocycles. The van der Waals surface area contributed by atoms with E-state index in [9.17, 15) is 26.3 Å². The Labute approximate surface area is 226 Å². The molecule has 0 bridgehead atoms. The highest BCUT2D eigenvalue weighted by Crippen LogP contribution is 2.36. The van der Waals surface area contributed by atoms with Crippen LogP contribution in [-0.4, -0.2) is 37.9 Å². The van der Waals surface area contributed by atoms with Gasteiger partial charge in [0.05, 0.1) is 28.8 Å². The van der Waals surface area contributed by atoms with Crippen LogP contribution in [-0.2, 0) is 18.9 Å². The van der Waals surface area contributed by atoms with Crippen molar-refractivity contribution in [3.8, 4) is 11.4 Å². The van der Waals surface area contributed by atoms with Gasteiger partial charge < -0.3 is 5.32 Å². The van der Waals surface area contributed by atoms with Crippen LogP contribution in [0.15, 0.2) is 54.7 Å². The van der Waals surface area contributed by atoms with E-state index in [0.29, 0.717) is 35.3 Å². The number of anilines is 2. The summed E-state index contributed by atoms with van der Waals surface area (Å²) in [5, 5.41) is 3.44. The maximum absolute atomic E-state index is 13.7. The monoisotopic (exact) mass is 560 g/mol. The summed E-state index contributed by atoms with van der Waals surface area (Å²) in [6.07, 6.45) is -6.74. The maximum Gasteiger partial charge on any atom is 0.418 e. The molecule has 1 fully saturated rings. The number of nitrogens with one attached hydrogen (secondary N) is 1. The molecule has 1 aromatic carbocycles. The minimum Gasteiger partial charge on any atom is -0.340 e. The van der Waals surface area contributed by atoms with Crippen molar-refractivity contribution in [3.05, 3.63) is 71.7 Å². The number of aromatic nitrogens is 4. The zero-order valence-corrected chi connectivity index (χ0v) is 21.7.